The molecule has 2 aliphatic rings. The third kappa shape index (κ3) is 2.73. The van der Waals surface area contributed by atoms with Crippen molar-refractivity contribution in [3.05, 3.63) is 35.6 Å². The smallest absolute Gasteiger partial charge is 0.322 e. The van der Waals surface area contributed by atoms with Gasteiger partial charge in [-0.25, -0.2) is 4.79 Å². The van der Waals surface area contributed by atoms with Crippen molar-refractivity contribution in [2.75, 3.05) is 13.1 Å². The van der Waals surface area contributed by atoms with Gasteiger partial charge >= 0.3 is 6.03 Å². The number of likely N-dealkylation sites (tertiary alicyclic amines) is 1. The first kappa shape index (κ1) is 16.6. The third-order valence-electron chi connectivity index (χ3n) is 5.45. The second kappa shape index (κ2) is 6.16. The van der Waals surface area contributed by atoms with Gasteiger partial charge in [0.25, 0.3) is 5.91 Å². The van der Waals surface area contributed by atoms with E-state index in [2.05, 4.69) is 23.6 Å². The quantitative estimate of drug-likeness (QED) is 0.821. The lowest BCUT2D eigenvalue weighted by atomic mass is 9.87. The maximum Gasteiger partial charge on any atom is 0.322 e. The summed E-state index contributed by atoms with van der Waals surface area (Å²) < 4.78 is 5.61. The number of piperidine rings is 1. The van der Waals surface area contributed by atoms with Gasteiger partial charge < -0.3 is 14.6 Å². The van der Waals surface area contributed by atoms with Gasteiger partial charge in [-0.15, -0.1) is 0 Å². The van der Waals surface area contributed by atoms with Crippen molar-refractivity contribution < 1.29 is 18.8 Å². The van der Waals surface area contributed by atoms with Gasteiger partial charge in [0.15, 0.2) is 0 Å². The second-order valence-corrected chi connectivity index (χ2v) is 6.99. The number of carbonyl (C=O) groups excluding carboxylic acids is 3. The number of aryl methyl sites for hydroxylation is 1. The number of nitrogens with zero attached hydrogens (tertiary/aromatic N) is 1. The molecule has 1 aromatic heterocycles. The van der Waals surface area contributed by atoms with Crippen LogP contribution in [0.1, 0.15) is 30.9 Å². The normalized spacial score (nSPS) is 19.0. The summed E-state index contributed by atoms with van der Waals surface area (Å²) in [7, 11) is 0. The van der Waals surface area contributed by atoms with E-state index in [4.69, 9.17) is 4.42 Å². The standard InChI is InChI=1S/C19H21N3O4/c1-2-12-3-4-14-13(11-26-15(14)9-12)10-16(23)22-7-5-19(6-8-22)17(24)20-18(25)21-19/h3-4,9,11H,2,5-8,10H2,1H3,(H2,20,21,24,25). The SMILES string of the molecule is CCc1ccc2c(CC(=O)N3CCC4(CC3)NC(=O)NC4=O)coc2c1. The Morgan fingerprint density at radius 2 is 2.04 bits per heavy atom. The Kier molecular flexibility index (Phi) is 3.94. The molecule has 2 N–H and O–H groups in total. The number of urea groups is 1. The zero-order chi connectivity index (χ0) is 18.3. The first-order valence-corrected chi connectivity index (χ1v) is 8.91. The highest BCUT2D eigenvalue weighted by Crippen LogP contribution is 2.27. The molecule has 4 amide bonds. The highest BCUT2D eigenvalue weighted by Gasteiger charge is 2.48. The van der Waals surface area contributed by atoms with E-state index in [0.717, 1.165) is 23.0 Å². The van der Waals surface area contributed by atoms with Gasteiger partial charge in [-0.1, -0.05) is 19.1 Å². The molecule has 0 unspecified atom stereocenters. The Bertz CT molecular complexity index is 893. The van der Waals surface area contributed by atoms with Crippen LogP contribution in [-0.2, 0) is 22.4 Å². The summed E-state index contributed by atoms with van der Waals surface area (Å²) in [6.07, 6.45) is 3.72. The highest BCUT2D eigenvalue weighted by atomic mass is 16.3. The van der Waals surface area contributed by atoms with Gasteiger partial charge in [0, 0.05) is 24.0 Å². The van der Waals surface area contributed by atoms with Crippen LogP contribution in [0, 0.1) is 0 Å². The Balaban J connectivity index is 1.43. The number of nitrogens with one attached hydrogen (secondary N) is 2. The van der Waals surface area contributed by atoms with Crippen molar-refractivity contribution in [2.24, 2.45) is 0 Å². The largest absolute Gasteiger partial charge is 0.464 e. The zero-order valence-corrected chi connectivity index (χ0v) is 14.6. The van der Waals surface area contributed by atoms with Crippen LogP contribution in [0.2, 0.25) is 0 Å². The zero-order valence-electron chi connectivity index (χ0n) is 14.6. The van der Waals surface area contributed by atoms with E-state index in [9.17, 15) is 14.4 Å². The van der Waals surface area contributed by atoms with Crippen LogP contribution in [0.15, 0.2) is 28.9 Å². The number of carbonyl (C=O) groups is 3. The lowest BCUT2D eigenvalue weighted by Crippen LogP contribution is -2.55. The number of amides is 4. The Labute approximate surface area is 150 Å². The molecule has 7 heteroatoms. The van der Waals surface area contributed by atoms with E-state index >= 15 is 0 Å². The number of rotatable bonds is 3. The average molecular weight is 355 g/mol. The van der Waals surface area contributed by atoms with Gasteiger partial charge in [-0.3, -0.25) is 14.9 Å². The minimum atomic E-state index is -0.854. The van der Waals surface area contributed by atoms with Gasteiger partial charge in [0.1, 0.15) is 11.1 Å². The van der Waals surface area contributed by atoms with E-state index in [1.165, 1.54) is 5.56 Å². The molecule has 0 bridgehead atoms. The molecule has 0 saturated carbocycles. The van der Waals surface area contributed by atoms with Gasteiger partial charge in [-0.2, -0.15) is 0 Å². The third-order valence-corrected chi connectivity index (χ3v) is 5.45. The number of imide groups is 1. The van der Waals surface area contributed by atoms with E-state index in [-0.39, 0.29) is 18.2 Å². The Hall–Kier alpha value is -2.83. The van der Waals surface area contributed by atoms with Crippen molar-refractivity contribution in [3.8, 4) is 0 Å². The molecule has 136 valence electrons. The van der Waals surface area contributed by atoms with Crippen molar-refractivity contribution in [1.82, 2.24) is 15.5 Å². The first-order valence-electron chi connectivity index (χ1n) is 8.91. The van der Waals surface area contributed by atoms with E-state index in [0.29, 0.717) is 25.9 Å². The van der Waals surface area contributed by atoms with Crippen LogP contribution >= 0.6 is 0 Å². The van der Waals surface area contributed by atoms with Crippen LogP contribution in [0.5, 0.6) is 0 Å². The van der Waals surface area contributed by atoms with Crippen LogP contribution in [0.3, 0.4) is 0 Å². The monoisotopic (exact) mass is 355 g/mol. The number of hydrogen-bond donors (Lipinski definition) is 2. The predicted molar refractivity (Wildman–Crippen MR) is 94.5 cm³/mol. The van der Waals surface area contributed by atoms with Crippen molar-refractivity contribution in [1.29, 1.82) is 0 Å². The van der Waals surface area contributed by atoms with Crippen LogP contribution in [-0.4, -0.2) is 41.4 Å². The van der Waals surface area contributed by atoms with E-state index < -0.39 is 11.6 Å². The fourth-order valence-corrected chi connectivity index (χ4v) is 3.78. The molecule has 4 rings (SSSR count). The summed E-state index contributed by atoms with van der Waals surface area (Å²) in [5, 5.41) is 5.95. The summed E-state index contributed by atoms with van der Waals surface area (Å²) in [6.45, 7) is 2.98. The summed E-state index contributed by atoms with van der Waals surface area (Å²) in [5.74, 6) is -0.283. The number of benzene rings is 1. The molecule has 1 spiro atoms. The molecule has 3 heterocycles. The Morgan fingerprint density at radius 3 is 2.69 bits per heavy atom. The van der Waals surface area contributed by atoms with Gasteiger partial charge in [0.05, 0.1) is 12.7 Å². The van der Waals surface area contributed by atoms with E-state index in [1.54, 1.807) is 11.2 Å². The maximum absolute atomic E-state index is 12.7. The maximum atomic E-state index is 12.7. The second-order valence-electron chi connectivity index (χ2n) is 6.99. The van der Waals surface area contributed by atoms with Gasteiger partial charge in [-0.05, 0) is 30.9 Å². The Morgan fingerprint density at radius 1 is 1.27 bits per heavy atom. The number of hydrogen-bond acceptors (Lipinski definition) is 4. The fourth-order valence-electron chi connectivity index (χ4n) is 3.78. The molecular weight excluding hydrogens is 334 g/mol. The summed E-state index contributed by atoms with van der Waals surface area (Å²) in [4.78, 5) is 37.8. The first-order chi connectivity index (χ1) is 12.5. The molecule has 0 aliphatic carbocycles. The lowest BCUT2D eigenvalue weighted by Gasteiger charge is -2.37. The van der Waals surface area contributed by atoms with Crippen LogP contribution in [0.25, 0.3) is 11.0 Å². The molecule has 2 aliphatic heterocycles. The van der Waals surface area contributed by atoms with Crippen molar-refractivity contribution in [3.63, 3.8) is 0 Å². The molecule has 7 nitrogen and oxygen atoms in total. The topological polar surface area (TPSA) is 91.7 Å². The number of furan rings is 1. The molecular formula is C19H21N3O4. The predicted octanol–water partition coefficient (Wildman–Crippen LogP) is 1.74. The van der Waals surface area contributed by atoms with E-state index in [1.807, 2.05) is 12.1 Å². The molecule has 26 heavy (non-hydrogen) atoms. The van der Waals surface area contributed by atoms with Gasteiger partial charge in [0.2, 0.25) is 5.91 Å². The minimum Gasteiger partial charge on any atom is -0.464 e. The molecule has 2 saturated heterocycles. The van der Waals surface area contributed by atoms with Crippen LogP contribution in [0.4, 0.5) is 4.79 Å². The lowest BCUT2D eigenvalue weighted by molar-refractivity contribution is -0.135. The highest BCUT2D eigenvalue weighted by molar-refractivity contribution is 6.07. The van der Waals surface area contributed by atoms with Crippen LogP contribution < -0.4 is 10.6 Å². The molecule has 2 aromatic rings. The molecule has 0 radical (unpaired) electrons. The summed E-state index contributed by atoms with van der Waals surface area (Å²) in [6, 6.07) is 5.61. The summed E-state index contributed by atoms with van der Waals surface area (Å²) in [5.41, 5.74) is 2.02. The molecule has 0 atom stereocenters. The molecule has 2 fully saturated rings. The van der Waals surface area contributed by atoms with Crippen molar-refractivity contribution in [2.45, 2.75) is 38.1 Å². The minimum absolute atomic E-state index is 0.00634. The average Bonchev–Trinajstić information content (AvgIpc) is 3.15. The van der Waals surface area contributed by atoms with Crippen molar-refractivity contribution >= 4 is 28.8 Å². The number of fused-ring (bicyclic) bond motifs is 1. The fraction of sp³-hybridized carbons (Fsp3) is 0.421. The summed E-state index contributed by atoms with van der Waals surface area (Å²) >= 11 is 0. The molecule has 1 aromatic carbocycles.